The number of benzene rings is 1. The summed E-state index contributed by atoms with van der Waals surface area (Å²) in [4.78, 5) is 23.8. The highest BCUT2D eigenvalue weighted by Gasteiger charge is 2.30. The molecule has 1 fully saturated rings. The molecule has 2 rings (SSSR count). The molecule has 1 aromatic rings. The zero-order valence-electron chi connectivity index (χ0n) is 12.6. The van der Waals surface area contributed by atoms with Gasteiger partial charge in [-0.2, -0.15) is 0 Å². The number of hydrogen-bond donors (Lipinski definition) is 2. The van der Waals surface area contributed by atoms with E-state index >= 15 is 0 Å². The number of hydrogen-bond acceptors (Lipinski definition) is 3. The molecule has 1 aliphatic rings. The number of nitrogens with two attached hydrogens (primary N) is 1. The number of ether oxygens (including phenoxy) is 1. The summed E-state index contributed by atoms with van der Waals surface area (Å²) in [6, 6.07) is 3.72. The third kappa shape index (κ3) is 3.75. The fourth-order valence-electron chi connectivity index (χ4n) is 2.87. The first-order valence-corrected chi connectivity index (χ1v) is 7.46. The van der Waals surface area contributed by atoms with Gasteiger partial charge in [0.05, 0.1) is 18.6 Å². The van der Waals surface area contributed by atoms with Crippen molar-refractivity contribution in [1.29, 1.82) is 0 Å². The predicted molar refractivity (Wildman–Crippen MR) is 80.0 cm³/mol. The van der Waals surface area contributed by atoms with Gasteiger partial charge in [-0.3, -0.25) is 9.59 Å². The Hall–Kier alpha value is -2.11. The molecular formula is C16H21FN2O3. The topological polar surface area (TPSA) is 81.4 Å². The quantitative estimate of drug-likeness (QED) is 0.835. The van der Waals surface area contributed by atoms with Crippen molar-refractivity contribution in [3.8, 4) is 5.75 Å². The van der Waals surface area contributed by atoms with Gasteiger partial charge in [-0.25, -0.2) is 4.39 Å². The maximum absolute atomic E-state index is 13.9. The van der Waals surface area contributed by atoms with E-state index in [1.807, 2.05) is 0 Å². The van der Waals surface area contributed by atoms with Gasteiger partial charge < -0.3 is 15.8 Å². The second-order valence-corrected chi connectivity index (χ2v) is 5.57. The van der Waals surface area contributed by atoms with Crippen molar-refractivity contribution in [2.75, 3.05) is 7.11 Å². The van der Waals surface area contributed by atoms with E-state index in [1.54, 1.807) is 0 Å². The molecule has 0 radical (unpaired) electrons. The van der Waals surface area contributed by atoms with Gasteiger partial charge in [0, 0.05) is 12.1 Å². The highest BCUT2D eigenvalue weighted by atomic mass is 19.1. The SMILES string of the molecule is COc1ccc(C(=O)N[C@@H]2CCCCC[C@H]2C(N)=O)c(F)c1. The number of halogens is 1. The molecule has 22 heavy (non-hydrogen) atoms. The molecule has 0 heterocycles. The maximum atomic E-state index is 13.9. The van der Waals surface area contributed by atoms with Crippen LogP contribution in [0.15, 0.2) is 18.2 Å². The molecule has 0 bridgehead atoms. The van der Waals surface area contributed by atoms with Gasteiger partial charge in [0.2, 0.25) is 5.91 Å². The van der Waals surface area contributed by atoms with E-state index in [0.29, 0.717) is 18.6 Å². The minimum Gasteiger partial charge on any atom is -0.497 e. The molecular weight excluding hydrogens is 287 g/mol. The third-order valence-electron chi connectivity index (χ3n) is 4.12. The molecule has 6 heteroatoms. The second-order valence-electron chi connectivity index (χ2n) is 5.57. The van der Waals surface area contributed by atoms with Crippen LogP contribution in [0, 0.1) is 11.7 Å². The first-order chi connectivity index (χ1) is 10.5. The number of carbonyl (C=O) groups excluding carboxylic acids is 2. The Morgan fingerprint density at radius 2 is 2.00 bits per heavy atom. The molecule has 120 valence electrons. The average Bonchev–Trinajstić information content (AvgIpc) is 2.72. The fraction of sp³-hybridized carbons (Fsp3) is 0.500. The summed E-state index contributed by atoms with van der Waals surface area (Å²) in [7, 11) is 1.43. The summed E-state index contributed by atoms with van der Waals surface area (Å²) in [5, 5.41) is 2.76. The predicted octanol–water partition coefficient (Wildman–Crippen LogP) is 2.00. The molecule has 5 nitrogen and oxygen atoms in total. The molecule has 1 aliphatic carbocycles. The average molecular weight is 308 g/mol. The molecule has 0 spiro atoms. The van der Waals surface area contributed by atoms with Crippen molar-refractivity contribution in [1.82, 2.24) is 5.32 Å². The molecule has 0 aliphatic heterocycles. The van der Waals surface area contributed by atoms with Crippen LogP contribution in [-0.2, 0) is 4.79 Å². The Bertz CT molecular complexity index is 562. The van der Waals surface area contributed by atoms with Gasteiger partial charge in [-0.1, -0.05) is 19.3 Å². The minimum absolute atomic E-state index is 0.0618. The Morgan fingerprint density at radius 1 is 1.27 bits per heavy atom. The highest BCUT2D eigenvalue weighted by molar-refractivity contribution is 5.95. The van der Waals surface area contributed by atoms with Crippen LogP contribution in [0.5, 0.6) is 5.75 Å². The Labute approximate surface area is 129 Å². The summed E-state index contributed by atoms with van der Waals surface area (Å²) >= 11 is 0. The fourth-order valence-corrected chi connectivity index (χ4v) is 2.87. The molecule has 0 unspecified atom stereocenters. The van der Waals surface area contributed by atoms with E-state index in [2.05, 4.69) is 5.32 Å². The molecule has 0 aromatic heterocycles. The Balaban J connectivity index is 2.13. The van der Waals surface area contributed by atoms with Crippen LogP contribution in [-0.4, -0.2) is 25.0 Å². The van der Waals surface area contributed by atoms with Gasteiger partial charge >= 0.3 is 0 Å². The number of carbonyl (C=O) groups is 2. The van der Waals surface area contributed by atoms with Gasteiger partial charge in [0.25, 0.3) is 5.91 Å². The van der Waals surface area contributed by atoms with Crippen molar-refractivity contribution in [3.63, 3.8) is 0 Å². The van der Waals surface area contributed by atoms with E-state index in [9.17, 15) is 14.0 Å². The van der Waals surface area contributed by atoms with Gasteiger partial charge in [0.1, 0.15) is 11.6 Å². The van der Waals surface area contributed by atoms with Crippen LogP contribution < -0.4 is 15.8 Å². The number of primary amides is 1. The lowest BCUT2D eigenvalue weighted by molar-refractivity contribution is -0.122. The lowest BCUT2D eigenvalue weighted by Crippen LogP contribution is -2.45. The summed E-state index contributed by atoms with van der Waals surface area (Å²) in [6.45, 7) is 0. The standard InChI is InChI=1S/C16H21FN2O3/c1-22-10-7-8-11(13(17)9-10)16(21)19-14-6-4-2-3-5-12(14)15(18)20/h7-9,12,14H,2-6H2,1H3,(H2,18,20)(H,19,21)/t12-,14-/m1/s1. The molecule has 1 aromatic carbocycles. The van der Waals surface area contributed by atoms with Crippen LogP contribution in [0.4, 0.5) is 4.39 Å². The highest BCUT2D eigenvalue weighted by Crippen LogP contribution is 2.24. The largest absolute Gasteiger partial charge is 0.497 e. The molecule has 0 saturated heterocycles. The maximum Gasteiger partial charge on any atom is 0.254 e. The molecule has 1 saturated carbocycles. The smallest absolute Gasteiger partial charge is 0.254 e. The summed E-state index contributed by atoms with van der Waals surface area (Å²) in [6.07, 6.45) is 4.17. The minimum atomic E-state index is -0.652. The van der Waals surface area contributed by atoms with Crippen LogP contribution in [0.25, 0.3) is 0 Å². The number of nitrogens with one attached hydrogen (secondary N) is 1. The van der Waals surface area contributed by atoms with Gasteiger partial charge in [-0.15, -0.1) is 0 Å². The van der Waals surface area contributed by atoms with Crippen molar-refractivity contribution in [2.24, 2.45) is 11.7 Å². The van der Waals surface area contributed by atoms with Crippen LogP contribution in [0.2, 0.25) is 0 Å². The van der Waals surface area contributed by atoms with Gasteiger partial charge in [0.15, 0.2) is 0 Å². The van der Waals surface area contributed by atoms with E-state index in [0.717, 1.165) is 25.3 Å². The lowest BCUT2D eigenvalue weighted by atomic mass is 9.93. The number of rotatable bonds is 4. The van der Waals surface area contributed by atoms with Crippen molar-refractivity contribution >= 4 is 11.8 Å². The lowest BCUT2D eigenvalue weighted by Gasteiger charge is -2.23. The van der Waals surface area contributed by atoms with Crippen LogP contribution in [0.3, 0.4) is 0 Å². The monoisotopic (exact) mass is 308 g/mol. The van der Waals surface area contributed by atoms with Crippen molar-refractivity contribution in [2.45, 2.75) is 38.1 Å². The third-order valence-corrected chi connectivity index (χ3v) is 4.12. The van der Waals surface area contributed by atoms with Crippen LogP contribution in [0.1, 0.15) is 42.5 Å². The normalized spacial score (nSPS) is 21.7. The molecule has 2 amide bonds. The first-order valence-electron chi connectivity index (χ1n) is 7.46. The van der Waals surface area contributed by atoms with Crippen LogP contribution >= 0.6 is 0 Å². The van der Waals surface area contributed by atoms with Crippen molar-refractivity contribution in [3.05, 3.63) is 29.6 Å². The Morgan fingerprint density at radius 3 is 2.64 bits per heavy atom. The molecule has 2 atom stereocenters. The van der Waals surface area contributed by atoms with E-state index in [4.69, 9.17) is 10.5 Å². The number of amides is 2. The second kappa shape index (κ2) is 7.24. The molecule has 3 N–H and O–H groups in total. The summed E-state index contributed by atoms with van der Waals surface area (Å²) in [5.41, 5.74) is 5.37. The summed E-state index contributed by atoms with van der Waals surface area (Å²) < 4.78 is 18.9. The van der Waals surface area contributed by atoms with Crippen molar-refractivity contribution < 1.29 is 18.7 Å². The zero-order valence-corrected chi connectivity index (χ0v) is 12.6. The van der Waals surface area contributed by atoms with E-state index < -0.39 is 23.5 Å². The number of methoxy groups -OCH3 is 1. The van der Waals surface area contributed by atoms with Gasteiger partial charge in [-0.05, 0) is 25.0 Å². The zero-order chi connectivity index (χ0) is 16.1. The first kappa shape index (κ1) is 16.3. The van der Waals surface area contributed by atoms with E-state index in [1.165, 1.54) is 19.2 Å². The van der Waals surface area contributed by atoms with E-state index in [-0.39, 0.29) is 11.6 Å². The Kier molecular flexibility index (Phi) is 5.35. The summed E-state index contributed by atoms with van der Waals surface area (Å²) in [5.74, 6) is -1.65.